The molecular weight excluding hydrogens is 549 g/mol. The molecule has 43 heavy (non-hydrogen) atoms. The zero-order valence-corrected chi connectivity index (χ0v) is 22.8. The Kier molecular flexibility index (Phi) is 8.69. The number of amides is 2. The summed E-state index contributed by atoms with van der Waals surface area (Å²) in [6.07, 6.45) is -4.45. The Balaban J connectivity index is 1.21. The van der Waals surface area contributed by atoms with Gasteiger partial charge in [-0.1, -0.05) is 90.7 Å². The molecule has 2 amide bonds. The second kappa shape index (κ2) is 12.9. The van der Waals surface area contributed by atoms with E-state index in [0.29, 0.717) is 22.4 Å². The number of hydrogen-bond acceptors (Lipinski definition) is 2. The van der Waals surface area contributed by atoms with Gasteiger partial charge in [0.25, 0.3) is 11.8 Å². The molecule has 5 aromatic carbocycles. The van der Waals surface area contributed by atoms with Crippen molar-refractivity contribution >= 4 is 17.5 Å². The van der Waals surface area contributed by atoms with Crippen molar-refractivity contribution in [2.75, 3.05) is 11.9 Å². The largest absolute Gasteiger partial charge is 0.416 e. The van der Waals surface area contributed by atoms with Crippen molar-refractivity contribution in [1.82, 2.24) is 5.32 Å². The third-order valence-electron chi connectivity index (χ3n) is 6.64. The number of anilines is 1. The Bertz CT molecular complexity index is 1800. The molecular formula is C36H25F3N2O2. The van der Waals surface area contributed by atoms with E-state index in [2.05, 4.69) is 22.5 Å². The van der Waals surface area contributed by atoms with Crippen LogP contribution in [0.1, 0.15) is 31.8 Å². The van der Waals surface area contributed by atoms with Crippen molar-refractivity contribution in [3.05, 3.63) is 150 Å². The van der Waals surface area contributed by atoms with Crippen LogP contribution in [0.3, 0.4) is 0 Å². The molecule has 212 valence electrons. The fourth-order valence-electron chi connectivity index (χ4n) is 4.46. The van der Waals surface area contributed by atoms with Gasteiger partial charge in [-0.2, -0.15) is 13.2 Å². The van der Waals surface area contributed by atoms with E-state index in [0.717, 1.165) is 28.8 Å². The van der Waals surface area contributed by atoms with Gasteiger partial charge in [-0.15, -0.1) is 0 Å². The minimum atomic E-state index is -4.45. The highest BCUT2D eigenvalue weighted by Crippen LogP contribution is 2.32. The van der Waals surface area contributed by atoms with Crippen LogP contribution in [0.2, 0.25) is 0 Å². The molecule has 0 aliphatic rings. The molecule has 0 bridgehead atoms. The van der Waals surface area contributed by atoms with E-state index in [9.17, 15) is 22.8 Å². The van der Waals surface area contributed by atoms with Crippen LogP contribution in [0.25, 0.3) is 22.3 Å². The molecule has 4 nitrogen and oxygen atoms in total. The zero-order chi connectivity index (χ0) is 30.2. The minimum Gasteiger partial charge on any atom is -0.341 e. The number of carbonyl (C=O) groups is 2. The Morgan fingerprint density at radius 2 is 1.30 bits per heavy atom. The molecule has 0 aliphatic carbocycles. The van der Waals surface area contributed by atoms with Gasteiger partial charge < -0.3 is 10.6 Å². The van der Waals surface area contributed by atoms with Crippen LogP contribution >= 0.6 is 0 Å². The smallest absolute Gasteiger partial charge is 0.341 e. The monoisotopic (exact) mass is 574 g/mol. The van der Waals surface area contributed by atoms with Crippen molar-refractivity contribution in [1.29, 1.82) is 0 Å². The summed E-state index contributed by atoms with van der Waals surface area (Å²) in [6, 6.07) is 35.6. The van der Waals surface area contributed by atoms with Gasteiger partial charge in [0.1, 0.15) is 0 Å². The second-order valence-corrected chi connectivity index (χ2v) is 9.58. The number of rotatable bonds is 6. The molecule has 0 aromatic heterocycles. The molecule has 0 spiro atoms. The first kappa shape index (κ1) is 28.9. The van der Waals surface area contributed by atoms with Crippen LogP contribution < -0.4 is 10.6 Å². The number of carbonyl (C=O) groups excluding carboxylic acids is 2. The maximum absolute atomic E-state index is 13.2. The predicted molar refractivity (Wildman–Crippen MR) is 162 cm³/mol. The molecule has 0 unspecified atom stereocenters. The lowest BCUT2D eigenvalue weighted by Crippen LogP contribution is -2.23. The van der Waals surface area contributed by atoms with Gasteiger partial charge >= 0.3 is 6.18 Å². The van der Waals surface area contributed by atoms with Crippen molar-refractivity contribution in [2.45, 2.75) is 6.18 Å². The Morgan fingerprint density at radius 1 is 0.651 bits per heavy atom. The Hall–Kier alpha value is -5.61. The zero-order valence-electron chi connectivity index (χ0n) is 22.8. The lowest BCUT2D eigenvalue weighted by atomic mass is 9.98. The van der Waals surface area contributed by atoms with Gasteiger partial charge in [0.15, 0.2) is 0 Å². The molecule has 0 heterocycles. The first-order valence-electron chi connectivity index (χ1n) is 13.4. The molecule has 5 aromatic rings. The molecule has 0 fully saturated rings. The van der Waals surface area contributed by atoms with Crippen LogP contribution in [-0.4, -0.2) is 18.4 Å². The Labute approximate surface area is 247 Å². The summed E-state index contributed by atoms with van der Waals surface area (Å²) < 4.78 is 38.9. The fourth-order valence-corrected chi connectivity index (χ4v) is 4.46. The van der Waals surface area contributed by atoms with Crippen LogP contribution in [0, 0.1) is 11.8 Å². The minimum absolute atomic E-state index is 0.135. The molecule has 7 heteroatoms. The van der Waals surface area contributed by atoms with E-state index >= 15 is 0 Å². The average Bonchev–Trinajstić information content (AvgIpc) is 3.03. The van der Waals surface area contributed by atoms with E-state index in [1.54, 1.807) is 48.5 Å². The SMILES string of the molecule is O=C(NCC#Cc1ccc(-c2ccccc2)cc1)c1cccc(NC(=O)c2ccccc2-c2ccc(C(F)(F)F)cc2)c1. The summed E-state index contributed by atoms with van der Waals surface area (Å²) in [5, 5.41) is 5.54. The molecule has 5 rings (SSSR count). The van der Waals surface area contributed by atoms with Crippen LogP contribution in [0.4, 0.5) is 18.9 Å². The molecule has 2 N–H and O–H groups in total. The summed E-state index contributed by atoms with van der Waals surface area (Å²) in [6.45, 7) is 0.135. The van der Waals surface area contributed by atoms with E-state index in [4.69, 9.17) is 0 Å². The van der Waals surface area contributed by atoms with Crippen molar-refractivity contribution < 1.29 is 22.8 Å². The Morgan fingerprint density at radius 3 is 2.02 bits per heavy atom. The normalized spacial score (nSPS) is 10.8. The summed E-state index contributed by atoms with van der Waals surface area (Å²) in [5.74, 6) is 5.17. The summed E-state index contributed by atoms with van der Waals surface area (Å²) >= 11 is 0. The maximum atomic E-state index is 13.2. The van der Waals surface area contributed by atoms with Gasteiger partial charge in [0.2, 0.25) is 0 Å². The van der Waals surface area contributed by atoms with Gasteiger partial charge in [-0.3, -0.25) is 9.59 Å². The summed E-state index contributed by atoms with van der Waals surface area (Å²) in [5.41, 5.74) is 4.24. The first-order valence-corrected chi connectivity index (χ1v) is 13.4. The van der Waals surface area contributed by atoms with Gasteiger partial charge in [-0.25, -0.2) is 0 Å². The summed E-state index contributed by atoms with van der Waals surface area (Å²) in [4.78, 5) is 25.9. The number of alkyl halides is 3. The number of hydrogen-bond donors (Lipinski definition) is 2. The standard InChI is InChI=1S/C36H25F3N2O2/c37-36(38,39)30-21-19-28(20-22-30)32-13-4-5-14-33(32)35(43)41-31-12-6-11-29(24-31)34(42)40-23-7-8-25-15-17-27(18-16-25)26-9-2-1-3-10-26/h1-6,9-22,24H,23H2,(H,40,42)(H,41,43). The van der Waals surface area contributed by atoms with Gasteiger partial charge in [0, 0.05) is 22.4 Å². The maximum Gasteiger partial charge on any atom is 0.416 e. The van der Waals surface area contributed by atoms with Crippen LogP contribution in [0.15, 0.2) is 127 Å². The van der Waals surface area contributed by atoms with E-state index < -0.39 is 17.6 Å². The molecule has 0 saturated heterocycles. The topological polar surface area (TPSA) is 58.2 Å². The molecule has 0 saturated carbocycles. The van der Waals surface area contributed by atoms with Crippen LogP contribution in [0.5, 0.6) is 0 Å². The average molecular weight is 575 g/mol. The highest BCUT2D eigenvalue weighted by molar-refractivity contribution is 6.09. The molecule has 0 atom stereocenters. The lowest BCUT2D eigenvalue weighted by molar-refractivity contribution is -0.137. The fraction of sp³-hybridized carbons (Fsp3) is 0.0556. The second-order valence-electron chi connectivity index (χ2n) is 9.58. The summed E-state index contributed by atoms with van der Waals surface area (Å²) in [7, 11) is 0. The van der Waals surface area contributed by atoms with Gasteiger partial charge in [-0.05, 0) is 70.8 Å². The quantitative estimate of drug-likeness (QED) is 0.202. The van der Waals surface area contributed by atoms with E-state index in [1.165, 1.54) is 12.1 Å². The third kappa shape index (κ3) is 7.38. The predicted octanol–water partition coefficient (Wildman–Crippen LogP) is 8.07. The highest BCUT2D eigenvalue weighted by atomic mass is 19.4. The van der Waals surface area contributed by atoms with E-state index in [-0.39, 0.29) is 18.0 Å². The van der Waals surface area contributed by atoms with Crippen molar-refractivity contribution in [3.63, 3.8) is 0 Å². The number of nitrogens with one attached hydrogen (secondary N) is 2. The van der Waals surface area contributed by atoms with Crippen molar-refractivity contribution in [3.8, 4) is 34.1 Å². The molecule has 0 radical (unpaired) electrons. The first-order chi connectivity index (χ1) is 20.8. The van der Waals surface area contributed by atoms with E-state index in [1.807, 2.05) is 54.6 Å². The highest BCUT2D eigenvalue weighted by Gasteiger charge is 2.30. The van der Waals surface area contributed by atoms with Gasteiger partial charge in [0.05, 0.1) is 12.1 Å². The number of benzene rings is 5. The molecule has 0 aliphatic heterocycles. The lowest BCUT2D eigenvalue weighted by Gasteiger charge is -2.12. The third-order valence-corrected chi connectivity index (χ3v) is 6.64. The van der Waals surface area contributed by atoms with Crippen molar-refractivity contribution in [2.24, 2.45) is 0 Å². The number of halogens is 3. The van der Waals surface area contributed by atoms with Crippen LogP contribution in [-0.2, 0) is 6.18 Å².